The van der Waals surface area contributed by atoms with Crippen LogP contribution in [0.5, 0.6) is 0 Å². The van der Waals surface area contributed by atoms with Crippen molar-refractivity contribution in [3.8, 4) is 11.1 Å². The molecule has 1 heterocycles. The molecule has 0 amide bonds. The van der Waals surface area contributed by atoms with Crippen molar-refractivity contribution in [2.75, 3.05) is 0 Å². The Morgan fingerprint density at radius 3 is 1.66 bits per heavy atom. The maximum absolute atomic E-state index is 12.6. The minimum absolute atomic E-state index is 0.351. The summed E-state index contributed by atoms with van der Waals surface area (Å²) in [5, 5.41) is 62.0. The Balaban J connectivity index is 0.000000230. The third kappa shape index (κ3) is 12.7. The van der Waals surface area contributed by atoms with Crippen LogP contribution in [0.4, 0.5) is 22.0 Å². The van der Waals surface area contributed by atoms with Gasteiger partial charge in [0, 0.05) is 27.0 Å². The summed E-state index contributed by atoms with van der Waals surface area (Å²) in [6.07, 6.45) is -0.0944. The molecule has 7 rings (SSSR count). The van der Waals surface area contributed by atoms with Crippen molar-refractivity contribution in [2.24, 2.45) is 11.3 Å². The summed E-state index contributed by atoms with van der Waals surface area (Å²) >= 11 is 1.54. The average Bonchev–Trinajstić information content (AvgIpc) is 3.81. The quantitative estimate of drug-likeness (QED) is 0.0292. The summed E-state index contributed by atoms with van der Waals surface area (Å²) < 4.78 is 64.1. The maximum atomic E-state index is 12.6. The fourth-order valence-corrected chi connectivity index (χ4v) is 7.34. The zero-order chi connectivity index (χ0) is 51.5. The van der Waals surface area contributed by atoms with Crippen LogP contribution in [-0.2, 0) is 19.2 Å². The molecule has 1 aliphatic carbocycles. The van der Waals surface area contributed by atoms with Gasteiger partial charge >= 0.3 is 41.8 Å². The number of carbonyl (C=O) groups is 7. The molecule has 14 nitrogen and oxygen atoms in total. The van der Waals surface area contributed by atoms with Crippen molar-refractivity contribution in [3.63, 3.8) is 0 Å². The first kappa shape index (κ1) is 54.3. The Labute approximate surface area is 386 Å². The highest BCUT2D eigenvalue weighted by atomic mass is 32.1. The Bertz CT molecular complexity index is 2930. The van der Waals surface area contributed by atoms with Crippen LogP contribution in [0.25, 0.3) is 31.3 Å². The van der Waals surface area contributed by atoms with Gasteiger partial charge in [-0.1, -0.05) is 81.1 Å². The predicted molar refractivity (Wildman–Crippen MR) is 238 cm³/mol. The monoisotopic (exact) mass is 968 g/mol. The van der Waals surface area contributed by atoms with Gasteiger partial charge in [-0.2, -0.15) is 0 Å². The van der Waals surface area contributed by atoms with Gasteiger partial charge in [0.25, 0.3) is 0 Å². The number of hydrogen-bond acceptors (Lipinski definition) is 8. The second-order valence-corrected chi connectivity index (χ2v) is 16.2. The topological polar surface area (TPSA) is 261 Å². The Kier molecular flexibility index (Phi) is 18.3. The second-order valence-electron chi connectivity index (χ2n) is 15.1. The first-order valence-electron chi connectivity index (χ1n) is 19.6. The van der Waals surface area contributed by atoms with Crippen molar-refractivity contribution in [1.29, 1.82) is 0 Å². The van der Waals surface area contributed by atoms with Gasteiger partial charge in [0.1, 0.15) is 5.56 Å². The van der Waals surface area contributed by atoms with Crippen LogP contribution in [0, 0.1) is 40.4 Å². The zero-order valence-corrected chi connectivity index (χ0v) is 37.0. The lowest BCUT2D eigenvalue weighted by atomic mass is 9.91. The van der Waals surface area contributed by atoms with E-state index < -0.39 is 99.8 Å². The van der Waals surface area contributed by atoms with E-state index in [9.17, 15) is 55.5 Å². The number of rotatable bonds is 10. The van der Waals surface area contributed by atoms with Crippen LogP contribution in [0.15, 0.2) is 97.1 Å². The summed E-state index contributed by atoms with van der Waals surface area (Å²) in [6, 6.07) is 27.0. The highest BCUT2D eigenvalue weighted by Gasteiger charge is 2.30. The average molecular weight is 969 g/mol. The summed E-state index contributed by atoms with van der Waals surface area (Å²) in [6.45, 7) is 10.4. The molecule has 68 heavy (non-hydrogen) atoms. The van der Waals surface area contributed by atoms with E-state index in [4.69, 9.17) is 35.7 Å². The van der Waals surface area contributed by atoms with Crippen LogP contribution < -0.4 is 0 Å². The first-order chi connectivity index (χ1) is 31.7. The number of carboxylic acids is 7. The molecular formula is C48H41F5O14S. The lowest BCUT2D eigenvalue weighted by Gasteiger charge is -2.14. The van der Waals surface area contributed by atoms with Gasteiger partial charge in [0.15, 0.2) is 23.3 Å². The van der Waals surface area contributed by atoms with E-state index in [0.29, 0.717) is 23.5 Å². The normalized spacial score (nSPS) is 12.4. The lowest BCUT2D eigenvalue weighted by molar-refractivity contribution is -0.148. The largest absolute Gasteiger partial charge is 0.481 e. The zero-order valence-electron chi connectivity index (χ0n) is 36.1. The van der Waals surface area contributed by atoms with Crippen molar-refractivity contribution in [3.05, 3.63) is 154 Å². The molecule has 1 aliphatic rings. The molecule has 2 unspecified atom stereocenters. The van der Waals surface area contributed by atoms with E-state index in [2.05, 4.69) is 25.6 Å². The fourth-order valence-electron chi connectivity index (χ4n) is 6.13. The van der Waals surface area contributed by atoms with Crippen LogP contribution in [0.1, 0.15) is 88.7 Å². The van der Waals surface area contributed by atoms with E-state index >= 15 is 0 Å². The van der Waals surface area contributed by atoms with E-state index in [1.54, 1.807) is 38.1 Å². The number of thiophene rings is 1. The molecule has 0 radical (unpaired) electrons. The first-order valence-corrected chi connectivity index (χ1v) is 20.5. The van der Waals surface area contributed by atoms with Crippen LogP contribution >= 0.6 is 11.3 Å². The molecular weight excluding hydrogens is 928 g/mol. The van der Waals surface area contributed by atoms with Gasteiger partial charge in [-0.3, -0.25) is 14.4 Å². The lowest BCUT2D eigenvalue weighted by Crippen LogP contribution is -2.23. The highest BCUT2D eigenvalue weighted by Crippen LogP contribution is 2.44. The van der Waals surface area contributed by atoms with Gasteiger partial charge in [-0.25, -0.2) is 41.1 Å². The maximum Gasteiger partial charge on any atom is 0.341 e. The van der Waals surface area contributed by atoms with Gasteiger partial charge in [0.05, 0.1) is 33.6 Å². The molecule has 0 saturated carbocycles. The molecule has 0 saturated heterocycles. The number of aromatic carboxylic acids is 3. The van der Waals surface area contributed by atoms with Gasteiger partial charge in [-0.15, -0.1) is 11.3 Å². The third-order valence-electron chi connectivity index (χ3n) is 10.4. The van der Waals surface area contributed by atoms with Crippen molar-refractivity contribution >= 4 is 73.3 Å². The summed E-state index contributed by atoms with van der Waals surface area (Å²) in [5.41, 5.74) is 2.44. The van der Waals surface area contributed by atoms with E-state index in [1.807, 2.05) is 55.5 Å². The smallest absolute Gasteiger partial charge is 0.341 e. The Morgan fingerprint density at radius 1 is 0.647 bits per heavy atom. The predicted octanol–water partition coefficient (Wildman–Crippen LogP) is 10.7. The molecule has 20 heteroatoms. The van der Waals surface area contributed by atoms with Crippen molar-refractivity contribution < 1.29 is 91.3 Å². The molecule has 0 bridgehead atoms. The molecule has 1 aromatic heterocycles. The van der Waals surface area contributed by atoms with Gasteiger partial charge in [-0.05, 0) is 66.8 Å². The van der Waals surface area contributed by atoms with Crippen LogP contribution in [0.3, 0.4) is 0 Å². The van der Waals surface area contributed by atoms with Crippen molar-refractivity contribution in [2.45, 2.75) is 46.5 Å². The molecule has 2 atom stereocenters. The fraction of sp³-hybridized carbons (Fsp3) is 0.188. The number of carboxylic acid groups (broad SMARTS) is 7. The van der Waals surface area contributed by atoms with E-state index in [0.717, 1.165) is 31.3 Å². The van der Waals surface area contributed by atoms with Gasteiger partial charge < -0.3 is 35.7 Å². The van der Waals surface area contributed by atoms with Crippen LogP contribution in [0.2, 0.25) is 0 Å². The Hall–Kier alpha value is -8.00. The number of hydrogen-bond donors (Lipinski definition) is 7. The van der Waals surface area contributed by atoms with E-state index in [1.165, 1.54) is 22.5 Å². The van der Waals surface area contributed by atoms with E-state index in [-0.39, 0.29) is 0 Å². The van der Waals surface area contributed by atoms with Gasteiger partial charge in [0.2, 0.25) is 5.82 Å². The Morgan fingerprint density at radius 2 is 1.18 bits per heavy atom. The molecule has 0 spiro atoms. The highest BCUT2D eigenvalue weighted by molar-refractivity contribution is 7.26. The summed E-state index contributed by atoms with van der Waals surface area (Å²) in [7, 11) is 0. The molecule has 0 aliphatic heterocycles. The number of fused-ring (bicyclic) bond motifs is 6. The van der Waals surface area contributed by atoms with Crippen molar-refractivity contribution in [1.82, 2.24) is 0 Å². The number of aliphatic carboxylic acids is 4. The summed E-state index contributed by atoms with van der Waals surface area (Å²) in [5.74, 6) is -21.9. The SMILES string of the molecule is C=C(C(=O)O)C(CC(=O)O)C(=O)O.CC1c2ccccc2-c2cc(C(=O)O)ccc21.CCC(C)(C)C(=O)O.O=C(O)c1c(F)c(F)c(F)c(F)c1F.O=C(O)c1cccc2c1sc1ccccc12. The standard InChI is InChI=1S/C15H12O2.C13H8O2S.C7HF5O2.C7H8O6.C6H12O2/c1-9-11-4-2-3-5-13(11)14-8-10(15(16)17)6-7-12(9)14;14-13(15)10-6-3-5-9-8-4-1-2-7-11(8)16-12(9)10;8-2-1(7(13)14)3(9)5(11)6(12)4(2)10;1-3(6(10)11)4(7(12)13)2-5(8)9;1-4-6(2,3)5(7)8/h2-9H,1H3,(H,16,17);1-7H,(H,14,15);(H,13,14);4H,1-2H2,(H,8,9)(H,10,11)(H,12,13);4H2,1-3H3,(H,7,8). The third-order valence-corrected chi connectivity index (χ3v) is 11.6. The number of benzene rings is 5. The second kappa shape index (κ2) is 22.9. The number of halogens is 5. The molecule has 7 N–H and O–H groups in total. The summed E-state index contributed by atoms with van der Waals surface area (Å²) in [4.78, 5) is 73.3. The van der Waals surface area contributed by atoms with Crippen LogP contribution in [-0.4, -0.2) is 77.5 Å². The molecule has 6 aromatic rings. The molecule has 0 fully saturated rings. The minimum atomic E-state index is -2.38. The molecule has 5 aromatic carbocycles. The molecule has 358 valence electrons. The minimum Gasteiger partial charge on any atom is -0.481 e.